The van der Waals surface area contributed by atoms with Crippen LogP contribution in [0.25, 0.3) is 4.91 Å². The van der Waals surface area contributed by atoms with Gasteiger partial charge in [-0.3, -0.25) is 0 Å². The van der Waals surface area contributed by atoms with Crippen LogP contribution < -0.4 is 4.46 Å². The Balaban J connectivity index is 2.06. The second-order valence-electron chi connectivity index (χ2n) is 5.10. The second-order valence-corrected chi connectivity index (χ2v) is 8.99. The van der Waals surface area contributed by atoms with Crippen molar-refractivity contribution in [2.45, 2.75) is 4.90 Å². The van der Waals surface area contributed by atoms with Gasteiger partial charge in [-0.1, -0.05) is 0 Å². The molecule has 0 fully saturated rings. The summed E-state index contributed by atoms with van der Waals surface area (Å²) in [6.45, 7) is 0. The van der Waals surface area contributed by atoms with Crippen LogP contribution >= 0.6 is 0 Å². The third-order valence-corrected chi connectivity index (χ3v) is 7.49. The van der Waals surface area contributed by atoms with Crippen LogP contribution in [-0.4, -0.2) is 23.4 Å². The Morgan fingerprint density at radius 1 is 0.708 bits per heavy atom. The van der Waals surface area contributed by atoms with Gasteiger partial charge < -0.3 is 0 Å². The van der Waals surface area contributed by atoms with Gasteiger partial charge in [0, 0.05) is 0 Å². The Labute approximate surface area is 148 Å². The minimum absolute atomic E-state index is 0.0612. The van der Waals surface area contributed by atoms with E-state index in [1.165, 1.54) is 0 Å². The second kappa shape index (κ2) is 7.63. The SMILES string of the molecule is O=S(=O)(/C(=C/[Se]c1ccccc1)c1ccccc1)c1ccccc1. The minimum atomic E-state index is -3.55. The Morgan fingerprint density at radius 3 is 1.79 bits per heavy atom. The van der Waals surface area contributed by atoms with Gasteiger partial charge in [-0.15, -0.1) is 0 Å². The zero-order chi connectivity index (χ0) is 16.8. The molecule has 24 heavy (non-hydrogen) atoms. The molecule has 0 bridgehead atoms. The van der Waals surface area contributed by atoms with Crippen LogP contribution in [-0.2, 0) is 9.84 Å². The summed E-state index contributed by atoms with van der Waals surface area (Å²) in [7, 11) is -3.55. The molecule has 0 heterocycles. The van der Waals surface area contributed by atoms with Crippen molar-refractivity contribution >= 4 is 34.2 Å². The summed E-state index contributed by atoms with van der Waals surface area (Å²) in [5.74, 6) is 0. The van der Waals surface area contributed by atoms with Gasteiger partial charge in [0.05, 0.1) is 0 Å². The van der Waals surface area contributed by atoms with Crippen LogP contribution in [0.5, 0.6) is 0 Å². The fourth-order valence-electron chi connectivity index (χ4n) is 2.24. The first-order valence-electron chi connectivity index (χ1n) is 7.45. The van der Waals surface area contributed by atoms with E-state index in [1.54, 1.807) is 24.3 Å². The molecule has 3 aromatic carbocycles. The molecule has 0 spiro atoms. The topological polar surface area (TPSA) is 34.1 Å². The summed E-state index contributed by atoms with van der Waals surface area (Å²) in [5, 5.41) is 0. The van der Waals surface area contributed by atoms with Gasteiger partial charge in [0.1, 0.15) is 0 Å². The Hall–Kier alpha value is -2.13. The van der Waals surface area contributed by atoms with Crippen LogP contribution in [0.3, 0.4) is 0 Å². The molecule has 0 atom stereocenters. The molecule has 0 aliphatic rings. The molecular formula is C20H16O2SSe. The monoisotopic (exact) mass is 400 g/mol. The molecule has 0 aliphatic carbocycles. The molecule has 0 N–H and O–H groups in total. The van der Waals surface area contributed by atoms with Crippen molar-refractivity contribution in [3.05, 3.63) is 102 Å². The number of hydrogen-bond acceptors (Lipinski definition) is 2. The van der Waals surface area contributed by atoms with E-state index in [1.807, 2.05) is 71.7 Å². The summed E-state index contributed by atoms with van der Waals surface area (Å²) < 4.78 is 27.3. The maximum atomic E-state index is 13.1. The van der Waals surface area contributed by atoms with Crippen molar-refractivity contribution in [1.82, 2.24) is 0 Å². The van der Waals surface area contributed by atoms with Crippen molar-refractivity contribution in [3.63, 3.8) is 0 Å². The third-order valence-electron chi connectivity index (χ3n) is 3.45. The Morgan fingerprint density at radius 2 is 1.21 bits per heavy atom. The predicted octanol–water partition coefficient (Wildman–Crippen LogP) is 3.49. The fraction of sp³-hybridized carbons (Fsp3) is 0. The van der Waals surface area contributed by atoms with E-state index in [4.69, 9.17) is 0 Å². The van der Waals surface area contributed by atoms with Crippen molar-refractivity contribution in [2.75, 3.05) is 0 Å². The average molecular weight is 399 g/mol. The summed E-state index contributed by atoms with van der Waals surface area (Å²) in [5.41, 5.74) is 0.721. The molecule has 0 saturated heterocycles. The summed E-state index contributed by atoms with van der Waals surface area (Å²) in [6.07, 6.45) is 0. The Kier molecular flexibility index (Phi) is 5.31. The quantitative estimate of drug-likeness (QED) is 0.616. The summed E-state index contributed by atoms with van der Waals surface area (Å²) >= 11 is -0.0612. The summed E-state index contributed by atoms with van der Waals surface area (Å²) in [6, 6.07) is 27.8. The van der Waals surface area contributed by atoms with Crippen LogP contribution in [0.4, 0.5) is 0 Å². The van der Waals surface area contributed by atoms with E-state index in [2.05, 4.69) is 0 Å². The number of rotatable bonds is 5. The van der Waals surface area contributed by atoms with Crippen molar-refractivity contribution < 1.29 is 8.42 Å². The van der Waals surface area contributed by atoms with Crippen LogP contribution in [0.2, 0.25) is 0 Å². The molecule has 3 rings (SSSR count). The number of benzene rings is 3. The average Bonchev–Trinajstić information content (AvgIpc) is 2.64. The molecule has 0 radical (unpaired) electrons. The van der Waals surface area contributed by atoms with Gasteiger partial charge >= 0.3 is 149 Å². The molecule has 4 heteroatoms. The zero-order valence-corrected chi connectivity index (χ0v) is 15.4. The van der Waals surface area contributed by atoms with E-state index in [-0.39, 0.29) is 15.0 Å². The van der Waals surface area contributed by atoms with E-state index in [9.17, 15) is 8.42 Å². The first kappa shape index (κ1) is 16.7. The van der Waals surface area contributed by atoms with Crippen LogP contribution in [0, 0.1) is 0 Å². The molecule has 2 nitrogen and oxygen atoms in total. The molecule has 0 aliphatic heterocycles. The van der Waals surface area contributed by atoms with Crippen molar-refractivity contribution in [3.8, 4) is 0 Å². The molecule has 0 amide bonds. The van der Waals surface area contributed by atoms with Crippen molar-refractivity contribution in [1.29, 1.82) is 0 Å². The van der Waals surface area contributed by atoms with Gasteiger partial charge in [0.2, 0.25) is 0 Å². The summed E-state index contributed by atoms with van der Waals surface area (Å²) in [4.78, 5) is 2.56. The molecule has 0 saturated carbocycles. The Bertz CT molecular complexity index is 919. The molecule has 120 valence electrons. The van der Waals surface area contributed by atoms with Gasteiger partial charge in [-0.2, -0.15) is 0 Å². The normalized spacial score (nSPS) is 12.1. The molecule has 3 aromatic rings. The number of hydrogen-bond donors (Lipinski definition) is 0. The van der Waals surface area contributed by atoms with Gasteiger partial charge in [-0.25, -0.2) is 0 Å². The van der Waals surface area contributed by atoms with E-state index >= 15 is 0 Å². The molecular weight excluding hydrogens is 383 g/mol. The molecule has 0 aromatic heterocycles. The first-order chi connectivity index (χ1) is 11.7. The van der Waals surface area contributed by atoms with E-state index < -0.39 is 9.84 Å². The predicted molar refractivity (Wildman–Crippen MR) is 99.9 cm³/mol. The van der Waals surface area contributed by atoms with E-state index in [0.717, 1.165) is 10.0 Å². The van der Waals surface area contributed by atoms with E-state index in [0.29, 0.717) is 9.80 Å². The number of sulfone groups is 1. The molecule has 0 unspecified atom stereocenters. The standard InChI is InChI=1S/C20H16O2SSe/c21-23(22,18-12-6-2-7-13-18)20(17-10-4-1-5-11-17)16-24-19-14-8-3-9-15-19/h1-16H/b20-16+. The van der Waals surface area contributed by atoms with Crippen LogP contribution in [0.15, 0.2) is 101 Å². The van der Waals surface area contributed by atoms with Crippen LogP contribution in [0.1, 0.15) is 5.56 Å². The van der Waals surface area contributed by atoms with Gasteiger partial charge in [0.15, 0.2) is 0 Å². The zero-order valence-electron chi connectivity index (χ0n) is 12.9. The van der Waals surface area contributed by atoms with Gasteiger partial charge in [-0.05, 0) is 0 Å². The first-order valence-corrected chi connectivity index (χ1v) is 10.8. The van der Waals surface area contributed by atoms with Gasteiger partial charge in [0.25, 0.3) is 0 Å². The fourth-order valence-corrected chi connectivity index (χ4v) is 6.08. The maximum absolute atomic E-state index is 13.1. The third kappa shape index (κ3) is 3.85. The van der Waals surface area contributed by atoms with Crippen molar-refractivity contribution in [2.24, 2.45) is 0 Å².